The van der Waals surface area contributed by atoms with Gasteiger partial charge in [-0.1, -0.05) is 31.1 Å². The predicted molar refractivity (Wildman–Crippen MR) is 248 cm³/mol. The molecule has 5 heterocycles. The maximum absolute atomic E-state index is 15.3. The molecule has 3 aromatic carbocycles. The number of anilines is 1. The van der Waals surface area contributed by atoms with Crippen LogP contribution in [0.5, 0.6) is 0 Å². The normalized spacial score (nSPS) is 17.9. The summed E-state index contributed by atoms with van der Waals surface area (Å²) >= 11 is 1.45. The Hall–Kier alpha value is -5.50. The van der Waals surface area contributed by atoms with E-state index in [1.165, 1.54) is 21.5 Å². The van der Waals surface area contributed by atoms with Gasteiger partial charge >= 0.3 is 5.69 Å². The lowest BCUT2D eigenvalue weighted by Crippen LogP contribution is -2.40. The summed E-state index contributed by atoms with van der Waals surface area (Å²) in [6.07, 6.45) is 8.00. The fraction of sp³-hybridized carbons (Fsp3) is 0.404. The van der Waals surface area contributed by atoms with Gasteiger partial charge in [-0.2, -0.15) is 5.10 Å². The fourth-order valence-electron chi connectivity index (χ4n) is 9.93. The highest BCUT2D eigenvalue weighted by atomic mass is 32.1. The molecule has 9 rings (SSSR count). The maximum atomic E-state index is 15.3. The quantitative estimate of drug-likeness (QED) is 0.0385. The minimum atomic E-state index is -2.64. The minimum Gasteiger partial charge on any atom is -0.409 e. The molecular weight excluding hydrogens is 839 g/mol. The molecule has 3 aromatic heterocycles. The van der Waals surface area contributed by atoms with Crippen molar-refractivity contribution >= 4 is 51.3 Å². The maximum Gasteiger partial charge on any atom is 0.338 e. The number of hydrogen-bond donors (Lipinski definition) is 3. The summed E-state index contributed by atoms with van der Waals surface area (Å²) in [7, 11) is -0.858. The number of ether oxygens (including phenoxy) is 1. The van der Waals surface area contributed by atoms with Crippen molar-refractivity contribution in [1.29, 1.82) is 0 Å². The second-order valence-electron chi connectivity index (χ2n) is 17.2. The Labute approximate surface area is 369 Å². The highest BCUT2D eigenvalue weighted by Gasteiger charge is 2.53. The Morgan fingerprint density at radius 3 is 2.40 bits per heavy atom. The van der Waals surface area contributed by atoms with E-state index in [0.29, 0.717) is 102 Å². The number of nitrogens with zero attached hydrogens (tertiary/aromatic N) is 6. The molecule has 1 amide bonds. The van der Waals surface area contributed by atoms with E-state index in [1.807, 2.05) is 43.9 Å². The van der Waals surface area contributed by atoms with Crippen molar-refractivity contribution in [3.63, 3.8) is 0 Å². The molecular formula is C47H54FN8O5PS. The number of amidine groups is 1. The van der Waals surface area contributed by atoms with Crippen LogP contribution in [0.1, 0.15) is 102 Å². The molecule has 2 fully saturated rings. The number of amides is 1. The van der Waals surface area contributed by atoms with E-state index in [9.17, 15) is 14.6 Å². The second kappa shape index (κ2) is 16.2. The largest absolute Gasteiger partial charge is 0.409 e. The van der Waals surface area contributed by atoms with Gasteiger partial charge < -0.3 is 30.5 Å². The number of thiophene rings is 1. The number of imidazole rings is 1. The highest BCUT2D eigenvalue weighted by molar-refractivity contribution is 7.71. The number of oxime groups is 1. The summed E-state index contributed by atoms with van der Waals surface area (Å²) in [5.74, 6) is 0.410. The highest BCUT2D eigenvalue weighted by Crippen LogP contribution is 2.55. The van der Waals surface area contributed by atoms with Gasteiger partial charge in [0.2, 0.25) is 0 Å². The third-order valence-electron chi connectivity index (χ3n) is 13.8. The minimum absolute atomic E-state index is 0.0947. The van der Waals surface area contributed by atoms with Crippen molar-refractivity contribution < 1.29 is 23.7 Å². The number of rotatable bonds is 11. The number of nitrogens with one attached hydrogen (secondary N) is 1. The van der Waals surface area contributed by atoms with Crippen LogP contribution in [0.4, 0.5) is 10.1 Å². The zero-order chi connectivity index (χ0) is 44.5. The summed E-state index contributed by atoms with van der Waals surface area (Å²) in [6.45, 7) is 11.0. The molecule has 1 aliphatic carbocycles. The first-order chi connectivity index (χ1) is 30.3. The van der Waals surface area contributed by atoms with Crippen LogP contribution in [0, 0.1) is 19.7 Å². The predicted octanol–water partition coefficient (Wildman–Crippen LogP) is 8.29. The Kier molecular flexibility index (Phi) is 11.0. The Morgan fingerprint density at radius 1 is 1.05 bits per heavy atom. The average Bonchev–Trinajstić information content (AvgIpc) is 3.66. The van der Waals surface area contributed by atoms with Crippen molar-refractivity contribution in [2.24, 2.45) is 10.9 Å². The standard InChI is InChI=1S/C47H54FN8O5PS/c1-7-62(60,8-2)37-12-10-32(26-36(37)50-6)54-19-20-55(46(54)58)43-39-29(5)53(18-13-35(39)51-56(43)33-23-27(3)41(48)28(4)24-33)44(57)42-40(47(16-17-47)45(49)52-59)34-11-9-31(25-38(34)63-42)30-14-21-61-22-15-30/h9-12,19-20,23-26,29-30,50,59H,7-8,13-18,21-22H2,1-6H3,(H2,49,52). The van der Waals surface area contributed by atoms with Crippen molar-refractivity contribution in [3.8, 4) is 17.2 Å². The van der Waals surface area contributed by atoms with Gasteiger partial charge in [0, 0.05) is 79.2 Å². The van der Waals surface area contributed by atoms with Crippen LogP contribution in [0.15, 0.2) is 70.9 Å². The lowest BCUT2D eigenvalue weighted by molar-refractivity contribution is 0.0681. The van der Waals surface area contributed by atoms with Gasteiger partial charge in [0.1, 0.15) is 24.6 Å². The number of benzene rings is 3. The molecule has 4 N–H and O–H groups in total. The summed E-state index contributed by atoms with van der Waals surface area (Å²) in [5.41, 5.74) is 11.5. The number of carbonyl (C=O) groups excluding carboxylic acids is 1. The van der Waals surface area contributed by atoms with Crippen LogP contribution in [0.25, 0.3) is 27.3 Å². The lowest BCUT2D eigenvalue weighted by atomic mass is 9.88. The molecule has 330 valence electrons. The molecule has 1 saturated heterocycles. The summed E-state index contributed by atoms with van der Waals surface area (Å²) in [5, 5.41) is 23.4. The number of carbonyl (C=O) groups is 1. The average molecular weight is 893 g/mol. The van der Waals surface area contributed by atoms with Gasteiger partial charge in [0.25, 0.3) is 5.91 Å². The Balaban J connectivity index is 1.17. The monoisotopic (exact) mass is 892 g/mol. The third-order valence-corrected chi connectivity index (χ3v) is 18.2. The number of fused-ring (bicyclic) bond motifs is 2. The molecule has 13 nitrogen and oxygen atoms in total. The van der Waals surface area contributed by atoms with Gasteiger partial charge in [-0.3, -0.25) is 13.9 Å². The number of aryl methyl sites for hydroxylation is 2. The second-order valence-corrected chi connectivity index (χ2v) is 21.8. The molecule has 16 heteroatoms. The molecule has 0 radical (unpaired) electrons. The van der Waals surface area contributed by atoms with E-state index in [0.717, 1.165) is 39.5 Å². The molecule has 1 unspecified atom stereocenters. The SMILES string of the molecule is CCP(=O)(CC)c1ccc(-n2ccn(-c3c4c(nn3-c3cc(C)c(F)c(C)c3)CCN(C(=O)c3sc5cc(C6CCOCC6)ccc5c3C3(C(N)=NO)CC3)C4C)c2=O)cc1NC. The van der Waals surface area contributed by atoms with E-state index in [2.05, 4.69) is 28.7 Å². The molecule has 6 aromatic rings. The number of nitrogens with two attached hydrogens (primary N) is 1. The summed E-state index contributed by atoms with van der Waals surface area (Å²) < 4.78 is 40.3. The number of aromatic nitrogens is 4. The molecule has 0 spiro atoms. The fourth-order valence-corrected chi connectivity index (χ4v) is 13.3. The van der Waals surface area contributed by atoms with Gasteiger partial charge in [-0.05, 0) is 116 Å². The lowest BCUT2D eigenvalue weighted by Gasteiger charge is -2.34. The van der Waals surface area contributed by atoms with E-state index in [4.69, 9.17) is 15.6 Å². The van der Waals surface area contributed by atoms with Crippen LogP contribution in [0.3, 0.4) is 0 Å². The summed E-state index contributed by atoms with van der Waals surface area (Å²) in [4.78, 5) is 32.5. The van der Waals surface area contributed by atoms with E-state index in [1.54, 1.807) is 54.7 Å². The topological polar surface area (TPSA) is 162 Å². The molecule has 1 saturated carbocycles. The van der Waals surface area contributed by atoms with Gasteiger partial charge in [0.05, 0.1) is 33.4 Å². The molecule has 3 aliphatic rings. The molecule has 0 bridgehead atoms. The van der Waals surface area contributed by atoms with Crippen LogP contribution in [-0.2, 0) is 21.1 Å². The molecule has 63 heavy (non-hydrogen) atoms. The zero-order valence-electron chi connectivity index (χ0n) is 36.6. The van der Waals surface area contributed by atoms with Crippen LogP contribution in [-0.4, -0.2) is 79.9 Å². The zero-order valence-corrected chi connectivity index (χ0v) is 38.3. The van der Waals surface area contributed by atoms with Gasteiger partial charge in [-0.25, -0.2) is 13.9 Å². The van der Waals surface area contributed by atoms with E-state index >= 15 is 9.18 Å². The van der Waals surface area contributed by atoms with E-state index in [-0.39, 0.29) is 23.2 Å². The Morgan fingerprint density at radius 2 is 1.75 bits per heavy atom. The molecule has 1 atom stereocenters. The Bertz CT molecular complexity index is 2910. The van der Waals surface area contributed by atoms with Gasteiger partial charge in [0.15, 0.2) is 0 Å². The van der Waals surface area contributed by atoms with Crippen LogP contribution < -0.4 is 22.0 Å². The van der Waals surface area contributed by atoms with Crippen molar-refractivity contribution in [2.45, 2.75) is 84.1 Å². The van der Waals surface area contributed by atoms with Gasteiger partial charge in [-0.15, -0.1) is 11.3 Å². The first kappa shape index (κ1) is 42.8. The van der Waals surface area contributed by atoms with Crippen molar-refractivity contribution in [3.05, 3.63) is 116 Å². The number of halogens is 1. The van der Waals surface area contributed by atoms with E-state index < -0.39 is 18.6 Å². The van der Waals surface area contributed by atoms with Crippen LogP contribution in [0.2, 0.25) is 0 Å². The summed E-state index contributed by atoms with van der Waals surface area (Å²) in [6, 6.07) is 14.8. The third kappa shape index (κ3) is 6.94. The first-order valence-electron chi connectivity index (χ1n) is 21.8. The number of hydrogen-bond acceptors (Lipinski definition) is 9. The molecule has 2 aliphatic heterocycles. The van der Waals surface area contributed by atoms with Crippen molar-refractivity contribution in [1.82, 2.24) is 23.8 Å². The van der Waals surface area contributed by atoms with Crippen LogP contribution >= 0.6 is 18.5 Å². The van der Waals surface area contributed by atoms with Crippen molar-refractivity contribution in [2.75, 3.05) is 44.4 Å². The first-order valence-corrected chi connectivity index (χ1v) is 24.7. The smallest absolute Gasteiger partial charge is 0.338 e.